The zero-order chi connectivity index (χ0) is 28.2. The highest BCUT2D eigenvalue weighted by atomic mass is 35.5. The quantitative estimate of drug-likeness (QED) is 0.274. The minimum atomic E-state index is -1.72. The molecule has 1 atom stereocenters. The lowest BCUT2D eigenvalue weighted by atomic mass is 9.91. The zero-order valence-electron chi connectivity index (χ0n) is 21.6. The maximum absolute atomic E-state index is 14.0. The topological polar surface area (TPSA) is 103 Å². The van der Waals surface area contributed by atoms with E-state index < -0.39 is 17.4 Å². The number of carboxylic acid groups (broad SMARTS) is 1. The predicted molar refractivity (Wildman–Crippen MR) is 145 cm³/mol. The molecule has 0 spiro atoms. The molecular weight excluding hydrogens is 525 g/mol. The molecule has 0 saturated carbocycles. The van der Waals surface area contributed by atoms with Gasteiger partial charge < -0.3 is 19.9 Å². The fraction of sp³-hybridized carbons (Fsp3) is 0.207. The Kier molecular flexibility index (Phi) is 8.21. The number of carbonyl (C=O) groups excluding carboxylic acids is 1. The van der Waals surface area contributed by atoms with Gasteiger partial charge in [0.1, 0.15) is 17.3 Å². The van der Waals surface area contributed by atoms with Gasteiger partial charge in [0.05, 0.1) is 36.3 Å². The number of methoxy groups -OCH3 is 2. The molecule has 4 rings (SSSR count). The molecule has 10 heteroatoms. The van der Waals surface area contributed by atoms with Gasteiger partial charge in [-0.05, 0) is 67.1 Å². The summed E-state index contributed by atoms with van der Waals surface area (Å²) in [6, 6.07) is 19.7. The molecule has 1 aromatic heterocycles. The summed E-state index contributed by atoms with van der Waals surface area (Å²) >= 11 is 6.19. The maximum atomic E-state index is 14.0. The molecule has 2 N–H and O–H groups in total. The Balaban J connectivity index is 1.57. The van der Waals surface area contributed by atoms with Crippen LogP contribution in [0.4, 0.5) is 4.39 Å². The molecule has 0 aliphatic rings. The number of aromatic nitrogens is 2. The predicted octanol–water partition coefficient (Wildman–Crippen LogP) is 5.40. The number of aryl methyl sites for hydroxylation is 1. The first-order chi connectivity index (χ1) is 18.6. The van der Waals surface area contributed by atoms with Crippen LogP contribution in [0.15, 0.2) is 72.8 Å². The van der Waals surface area contributed by atoms with Crippen molar-refractivity contribution in [2.75, 3.05) is 14.2 Å². The molecule has 0 saturated heterocycles. The van der Waals surface area contributed by atoms with Crippen LogP contribution in [0.5, 0.6) is 11.5 Å². The highest BCUT2D eigenvalue weighted by Gasteiger charge is 2.37. The van der Waals surface area contributed by atoms with E-state index in [4.69, 9.17) is 21.1 Å². The number of benzene rings is 3. The lowest BCUT2D eigenvalue weighted by Crippen LogP contribution is -2.49. The van der Waals surface area contributed by atoms with Crippen molar-refractivity contribution in [3.63, 3.8) is 0 Å². The van der Waals surface area contributed by atoms with Gasteiger partial charge in [-0.3, -0.25) is 4.79 Å². The summed E-state index contributed by atoms with van der Waals surface area (Å²) in [5, 5.41) is 17.4. The van der Waals surface area contributed by atoms with Crippen LogP contribution in [-0.2, 0) is 21.5 Å². The van der Waals surface area contributed by atoms with E-state index in [0.717, 1.165) is 5.69 Å². The van der Waals surface area contributed by atoms with Crippen LogP contribution in [0.3, 0.4) is 0 Å². The van der Waals surface area contributed by atoms with Crippen LogP contribution < -0.4 is 14.8 Å². The molecular formula is C29H27ClFN3O5. The second-order valence-corrected chi connectivity index (χ2v) is 9.38. The van der Waals surface area contributed by atoms with Gasteiger partial charge in [0.25, 0.3) is 0 Å². The number of halogens is 2. The van der Waals surface area contributed by atoms with E-state index in [1.54, 1.807) is 54.3 Å². The Labute approximate surface area is 229 Å². The monoisotopic (exact) mass is 551 g/mol. The Bertz CT molecular complexity index is 1510. The van der Waals surface area contributed by atoms with Crippen LogP contribution in [0.2, 0.25) is 5.02 Å². The molecule has 0 aliphatic heterocycles. The first kappa shape index (κ1) is 27.7. The van der Waals surface area contributed by atoms with Crippen LogP contribution in [0.1, 0.15) is 24.6 Å². The maximum Gasteiger partial charge on any atom is 0.333 e. The highest BCUT2D eigenvalue weighted by molar-refractivity contribution is 6.32. The third kappa shape index (κ3) is 6.04. The lowest BCUT2D eigenvalue weighted by Gasteiger charge is -2.27. The molecule has 0 bridgehead atoms. The van der Waals surface area contributed by atoms with Gasteiger partial charge in [-0.1, -0.05) is 29.8 Å². The lowest BCUT2D eigenvalue weighted by molar-refractivity contribution is -0.147. The largest absolute Gasteiger partial charge is 0.497 e. The molecule has 0 fully saturated rings. The van der Waals surface area contributed by atoms with E-state index in [9.17, 15) is 19.1 Å². The Morgan fingerprint density at radius 2 is 1.79 bits per heavy atom. The number of carboxylic acids is 1. The van der Waals surface area contributed by atoms with Crippen molar-refractivity contribution in [2.24, 2.45) is 0 Å². The molecule has 0 aliphatic carbocycles. The molecule has 4 aromatic rings. The average Bonchev–Trinajstić information content (AvgIpc) is 3.36. The summed E-state index contributed by atoms with van der Waals surface area (Å²) in [5.41, 5.74) is 1.13. The number of carbonyl (C=O) groups is 2. The van der Waals surface area contributed by atoms with Crippen molar-refractivity contribution >= 4 is 23.5 Å². The number of hydrogen-bond acceptors (Lipinski definition) is 5. The molecule has 39 heavy (non-hydrogen) atoms. The third-order valence-electron chi connectivity index (χ3n) is 6.35. The van der Waals surface area contributed by atoms with E-state index in [1.807, 2.05) is 12.1 Å². The summed E-state index contributed by atoms with van der Waals surface area (Å²) in [6.45, 7) is 1.39. The number of ether oxygens (including phenoxy) is 2. The molecule has 3 aromatic carbocycles. The number of nitrogens with one attached hydrogen (secondary N) is 1. The van der Waals surface area contributed by atoms with Crippen molar-refractivity contribution in [3.05, 3.63) is 94.9 Å². The van der Waals surface area contributed by atoms with Gasteiger partial charge in [-0.2, -0.15) is 5.10 Å². The van der Waals surface area contributed by atoms with E-state index in [2.05, 4.69) is 10.4 Å². The van der Waals surface area contributed by atoms with Gasteiger partial charge >= 0.3 is 5.97 Å². The van der Waals surface area contributed by atoms with Crippen LogP contribution in [0, 0.1) is 5.82 Å². The van der Waals surface area contributed by atoms with Gasteiger partial charge in [-0.15, -0.1) is 0 Å². The summed E-state index contributed by atoms with van der Waals surface area (Å²) in [5.74, 6) is -1.05. The normalized spacial score (nSPS) is 12.4. The molecule has 0 radical (unpaired) electrons. The standard InChI is InChI=1S/C29H27ClFN3O5/c1-29(28(36)37,19-7-13-26(39-3)24(30)16-19)32-27(35)14-8-21-17-25(18-5-4-6-20(31)15-18)34(33-21)22-9-11-23(38-2)12-10-22/h4-7,9-13,15-17H,8,14H2,1-3H3,(H,32,35)(H,36,37). The number of nitrogens with zero attached hydrogens (tertiary/aromatic N) is 2. The first-order valence-corrected chi connectivity index (χ1v) is 12.4. The molecule has 202 valence electrons. The number of rotatable bonds is 10. The number of aliphatic carboxylic acids is 1. The SMILES string of the molecule is COc1ccc(-n2nc(CCC(=O)NC(C)(C(=O)O)c3ccc(OC)c(Cl)c3)cc2-c2cccc(F)c2)cc1. The Hall–Kier alpha value is -4.37. The third-order valence-corrected chi connectivity index (χ3v) is 6.65. The van der Waals surface area contributed by atoms with Crippen LogP contribution in [0.25, 0.3) is 16.9 Å². The van der Waals surface area contributed by atoms with E-state index in [0.29, 0.717) is 34.0 Å². The van der Waals surface area contributed by atoms with Crippen molar-refractivity contribution in [1.29, 1.82) is 0 Å². The molecule has 1 heterocycles. The fourth-order valence-corrected chi connectivity index (χ4v) is 4.39. The van der Waals surface area contributed by atoms with Crippen LogP contribution >= 0.6 is 11.6 Å². The molecule has 1 unspecified atom stereocenters. The van der Waals surface area contributed by atoms with Crippen molar-refractivity contribution < 1.29 is 28.6 Å². The number of hydrogen-bond donors (Lipinski definition) is 2. The average molecular weight is 552 g/mol. The second-order valence-electron chi connectivity index (χ2n) is 8.97. The minimum absolute atomic E-state index is 0.0328. The van der Waals surface area contributed by atoms with Gasteiger partial charge in [0, 0.05) is 18.4 Å². The number of amides is 1. The zero-order valence-corrected chi connectivity index (χ0v) is 22.3. The summed E-state index contributed by atoms with van der Waals surface area (Å²) in [7, 11) is 3.03. The van der Waals surface area contributed by atoms with E-state index in [-0.39, 0.29) is 23.7 Å². The Morgan fingerprint density at radius 1 is 1.05 bits per heavy atom. The van der Waals surface area contributed by atoms with Gasteiger partial charge in [0.15, 0.2) is 5.54 Å². The summed E-state index contributed by atoms with van der Waals surface area (Å²) < 4.78 is 26.0. The van der Waals surface area contributed by atoms with Gasteiger partial charge in [0.2, 0.25) is 5.91 Å². The van der Waals surface area contributed by atoms with E-state index in [1.165, 1.54) is 32.2 Å². The molecule has 8 nitrogen and oxygen atoms in total. The van der Waals surface area contributed by atoms with Gasteiger partial charge in [-0.25, -0.2) is 13.9 Å². The minimum Gasteiger partial charge on any atom is -0.497 e. The summed E-state index contributed by atoms with van der Waals surface area (Å²) in [6.07, 6.45) is 0.186. The fourth-order valence-electron chi connectivity index (χ4n) is 4.14. The smallest absolute Gasteiger partial charge is 0.333 e. The first-order valence-electron chi connectivity index (χ1n) is 12.0. The van der Waals surface area contributed by atoms with E-state index >= 15 is 0 Å². The highest BCUT2D eigenvalue weighted by Crippen LogP contribution is 2.31. The molecule has 1 amide bonds. The summed E-state index contributed by atoms with van der Waals surface area (Å²) in [4.78, 5) is 25.1. The second kappa shape index (κ2) is 11.6. The van der Waals surface area contributed by atoms with Crippen molar-refractivity contribution in [2.45, 2.75) is 25.3 Å². The Morgan fingerprint density at radius 3 is 2.41 bits per heavy atom. The van der Waals surface area contributed by atoms with Crippen molar-refractivity contribution in [1.82, 2.24) is 15.1 Å². The van der Waals surface area contributed by atoms with Crippen molar-refractivity contribution in [3.8, 4) is 28.4 Å². The van der Waals surface area contributed by atoms with Crippen LogP contribution in [-0.4, -0.2) is 41.0 Å².